The van der Waals surface area contributed by atoms with Gasteiger partial charge in [0.05, 0.1) is 4.99 Å². The van der Waals surface area contributed by atoms with Crippen molar-refractivity contribution in [2.45, 2.75) is 18.6 Å². The molecule has 0 aromatic carbocycles. The summed E-state index contributed by atoms with van der Waals surface area (Å²) in [5.74, 6) is 0. The van der Waals surface area contributed by atoms with Crippen LogP contribution in [0.1, 0.15) is 13.3 Å². The standard InChI is InChI=1S/C5H12N2O2S2/c1-3-4(5(6)10)11(8,9)7-2/h4,7H,3H2,1-2H3,(H2,6,10). The monoisotopic (exact) mass is 196 g/mol. The Balaban J connectivity index is 4.65. The van der Waals surface area contributed by atoms with Crippen LogP contribution in [0.15, 0.2) is 0 Å². The predicted octanol–water partition coefficient (Wildman–Crippen LogP) is -0.400. The summed E-state index contributed by atoms with van der Waals surface area (Å²) in [5, 5.41) is -0.748. The average Bonchev–Trinajstić information content (AvgIpc) is 1.88. The number of hydrogen-bond donors (Lipinski definition) is 2. The van der Waals surface area contributed by atoms with E-state index in [0.29, 0.717) is 6.42 Å². The Morgan fingerprint density at radius 2 is 2.18 bits per heavy atom. The highest BCUT2D eigenvalue weighted by molar-refractivity contribution is 7.93. The first-order chi connectivity index (χ1) is 4.95. The molecule has 11 heavy (non-hydrogen) atoms. The Kier molecular flexibility index (Phi) is 3.91. The van der Waals surface area contributed by atoms with Gasteiger partial charge in [-0.3, -0.25) is 0 Å². The number of thiocarbonyl (C=S) groups is 1. The number of nitrogens with one attached hydrogen (secondary N) is 1. The molecule has 3 N–H and O–H groups in total. The minimum Gasteiger partial charge on any atom is -0.392 e. The van der Waals surface area contributed by atoms with Crippen LogP contribution in [0.4, 0.5) is 0 Å². The van der Waals surface area contributed by atoms with Gasteiger partial charge in [-0.1, -0.05) is 19.1 Å². The Labute approximate surface area is 72.2 Å². The van der Waals surface area contributed by atoms with Gasteiger partial charge in [-0.2, -0.15) is 0 Å². The topological polar surface area (TPSA) is 72.2 Å². The largest absolute Gasteiger partial charge is 0.392 e. The van der Waals surface area contributed by atoms with Crippen LogP contribution in [0.5, 0.6) is 0 Å². The molecule has 6 heteroatoms. The average molecular weight is 196 g/mol. The fraction of sp³-hybridized carbons (Fsp3) is 0.800. The second kappa shape index (κ2) is 3.99. The Bertz CT molecular complexity index is 235. The van der Waals surface area contributed by atoms with Crippen LogP contribution < -0.4 is 10.5 Å². The molecule has 4 nitrogen and oxygen atoms in total. The first-order valence-electron chi connectivity index (χ1n) is 3.17. The molecule has 0 spiro atoms. The van der Waals surface area contributed by atoms with Gasteiger partial charge < -0.3 is 5.73 Å². The molecule has 0 bridgehead atoms. The van der Waals surface area contributed by atoms with Gasteiger partial charge >= 0.3 is 0 Å². The fourth-order valence-corrected chi connectivity index (χ4v) is 2.29. The quantitative estimate of drug-likeness (QED) is 0.600. The zero-order valence-electron chi connectivity index (χ0n) is 6.49. The summed E-state index contributed by atoms with van der Waals surface area (Å²) in [6.45, 7) is 1.72. The summed E-state index contributed by atoms with van der Waals surface area (Å²) in [4.78, 5) is 0.0156. The molecule has 0 aromatic rings. The maximum atomic E-state index is 11.1. The number of sulfonamides is 1. The van der Waals surface area contributed by atoms with E-state index < -0.39 is 15.3 Å². The van der Waals surface area contributed by atoms with Gasteiger partial charge in [0.1, 0.15) is 5.25 Å². The molecular formula is C5H12N2O2S2. The van der Waals surface area contributed by atoms with Gasteiger partial charge in [0.15, 0.2) is 0 Å². The molecule has 0 rings (SSSR count). The van der Waals surface area contributed by atoms with Gasteiger partial charge in [0.25, 0.3) is 0 Å². The summed E-state index contributed by atoms with van der Waals surface area (Å²) in [6.07, 6.45) is 0.401. The number of hydrogen-bond acceptors (Lipinski definition) is 3. The van der Waals surface area contributed by atoms with E-state index in [1.807, 2.05) is 0 Å². The molecule has 1 atom stereocenters. The minimum atomic E-state index is -3.33. The predicted molar refractivity (Wildman–Crippen MR) is 48.8 cm³/mol. The normalized spacial score (nSPS) is 14.4. The molecule has 0 heterocycles. The first kappa shape index (κ1) is 10.8. The van der Waals surface area contributed by atoms with Gasteiger partial charge in [0, 0.05) is 0 Å². The molecule has 0 aromatic heterocycles. The summed E-state index contributed by atoms with van der Waals surface area (Å²) >= 11 is 4.59. The molecule has 0 aliphatic rings. The third-order valence-electron chi connectivity index (χ3n) is 1.35. The van der Waals surface area contributed by atoms with Gasteiger partial charge in [-0.05, 0) is 13.5 Å². The molecule has 0 fully saturated rings. The van der Waals surface area contributed by atoms with Crippen LogP contribution in [0.3, 0.4) is 0 Å². The Morgan fingerprint density at radius 1 is 1.73 bits per heavy atom. The molecule has 0 aliphatic heterocycles. The second-order valence-corrected chi connectivity index (χ2v) is 4.59. The lowest BCUT2D eigenvalue weighted by Gasteiger charge is -2.12. The van der Waals surface area contributed by atoms with E-state index in [4.69, 9.17) is 5.73 Å². The lowest BCUT2D eigenvalue weighted by molar-refractivity contribution is 0.581. The van der Waals surface area contributed by atoms with E-state index in [0.717, 1.165) is 0 Å². The van der Waals surface area contributed by atoms with Gasteiger partial charge in [-0.25, -0.2) is 13.1 Å². The first-order valence-corrected chi connectivity index (χ1v) is 5.12. The van der Waals surface area contributed by atoms with Crippen molar-refractivity contribution >= 4 is 27.2 Å². The Morgan fingerprint density at radius 3 is 2.27 bits per heavy atom. The van der Waals surface area contributed by atoms with E-state index >= 15 is 0 Å². The Hall–Kier alpha value is -0.200. The van der Waals surface area contributed by atoms with Crippen LogP contribution >= 0.6 is 12.2 Å². The van der Waals surface area contributed by atoms with Crippen molar-refractivity contribution in [1.29, 1.82) is 0 Å². The van der Waals surface area contributed by atoms with Crippen LogP contribution in [0.2, 0.25) is 0 Å². The summed E-state index contributed by atoms with van der Waals surface area (Å²) in [7, 11) is -1.98. The molecule has 0 saturated heterocycles. The lowest BCUT2D eigenvalue weighted by Crippen LogP contribution is -2.40. The molecule has 0 radical (unpaired) electrons. The summed E-state index contributed by atoms with van der Waals surface area (Å²) < 4.78 is 24.4. The van der Waals surface area contributed by atoms with E-state index in [2.05, 4.69) is 16.9 Å². The highest BCUT2D eigenvalue weighted by Gasteiger charge is 2.24. The van der Waals surface area contributed by atoms with Gasteiger partial charge in [0.2, 0.25) is 10.0 Å². The van der Waals surface area contributed by atoms with Crippen molar-refractivity contribution in [3.63, 3.8) is 0 Å². The maximum absolute atomic E-state index is 11.1. The minimum absolute atomic E-state index is 0.0156. The fourth-order valence-electron chi connectivity index (χ4n) is 0.716. The van der Waals surface area contributed by atoms with E-state index in [1.54, 1.807) is 6.92 Å². The van der Waals surface area contributed by atoms with Crippen molar-refractivity contribution in [3.8, 4) is 0 Å². The summed E-state index contributed by atoms with van der Waals surface area (Å²) in [5.41, 5.74) is 5.22. The number of nitrogens with two attached hydrogens (primary N) is 1. The third-order valence-corrected chi connectivity index (χ3v) is 3.69. The zero-order valence-corrected chi connectivity index (χ0v) is 8.13. The van der Waals surface area contributed by atoms with Crippen LogP contribution in [-0.4, -0.2) is 25.7 Å². The number of rotatable bonds is 4. The van der Waals surface area contributed by atoms with E-state index in [1.165, 1.54) is 7.05 Å². The molecule has 0 aliphatic carbocycles. The van der Waals surface area contributed by atoms with Crippen molar-refractivity contribution in [3.05, 3.63) is 0 Å². The van der Waals surface area contributed by atoms with Crippen molar-refractivity contribution in [2.24, 2.45) is 5.73 Å². The van der Waals surface area contributed by atoms with Crippen LogP contribution in [-0.2, 0) is 10.0 Å². The molecule has 1 unspecified atom stereocenters. The summed E-state index contributed by atoms with van der Waals surface area (Å²) in [6, 6.07) is 0. The van der Waals surface area contributed by atoms with Gasteiger partial charge in [-0.15, -0.1) is 0 Å². The van der Waals surface area contributed by atoms with Crippen molar-refractivity contribution < 1.29 is 8.42 Å². The van der Waals surface area contributed by atoms with Crippen LogP contribution in [0.25, 0.3) is 0 Å². The van der Waals surface area contributed by atoms with Crippen molar-refractivity contribution in [2.75, 3.05) is 7.05 Å². The second-order valence-electron chi connectivity index (χ2n) is 2.05. The molecule has 66 valence electrons. The van der Waals surface area contributed by atoms with Crippen LogP contribution in [0, 0.1) is 0 Å². The zero-order chi connectivity index (χ0) is 9.07. The molecular weight excluding hydrogens is 184 g/mol. The molecule has 0 saturated carbocycles. The van der Waals surface area contributed by atoms with E-state index in [-0.39, 0.29) is 4.99 Å². The van der Waals surface area contributed by atoms with Crippen molar-refractivity contribution in [1.82, 2.24) is 4.72 Å². The SMILES string of the molecule is CCC(C(N)=S)S(=O)(=O)NC. The maximum Gasteiger partial charge on any atom is 0.220 e. The lowest BCUT2D eigenvalue weighted by atomic mass is 10.3. The van der Waals surface area contributed by atoms with E-state index in [9.17, 15) is 8.42 Å². The third kappa shape index (κ3) is 2.72. The smallest absolute Gasteiger partial charge is 0.220 e. The molecule has 0 amide bonds. The highest BCUT2D eigenvalue weighted by Crippen LogP contribution is 2.03. The highest BCUT2D eigenvalue weighted by atomic mass is 32.2.